The monoisotopic (exact) mass is 563 g/mol. The van der Waals surface area contributed by atoms with Crippen LogP contribution >= 0.6 is 11.3 Å². The van der Waals surface area contributed by atoms with Gasteiger partial charge < -0.3 is 9.80 Å². The van der Waals surface area contributed by atoms with Gasteiger partial charge in [-0.25, -0.2) is 15.4 Å². The third-order valence-electron chi connectivity index (χ3n) is 8.03. The molecular formula is C28H37N9O2S. The molecule has 3 N–H and O–H groups in total. The number of hydrogen-bond acceptors (Lipinski definition) is 10. The van der Waals surface area contributed by atoms with Crippen LogP contribution in [0.2, 0.25) is 0 Å². The highest BCUT2D eigenvalue weighted by Gasteiger charge is 2.24. The second kappa shape index (κ2) is 12.1. The van der Waals surface area contributed by atoms with Gasteiger partial charge in [-0.05, 0) is 38.6 Å². The van der Waals surface area contributed by atoms with Crippen LogP contribution in [0.4, 0.5) is 5.82 Å². The summed E-state index contributed by atoms with van der Waals surface area (Å²) in [5.74, 6) is 1.44. The normalized spacial score (nSPS) is 17.7. The Morgan fingerprint density at radius 3 is 2.65 bits per heavy atom. The fourth-order valence-electron chi connectivity index (χ4n) is 5.63. The molecular weight excluding hydrogens is 526 g/mol. The summed E-state index contributed by atoms with van der Waals surface area (Å²) in [6.45, 7) is 9.97. The molecule has 2 saturated heterocycles. The summed E-state index contributed by atoms with van der Waals surface area (Å²) in [4.78, 5) is 32.7. The van der Waals surface area contributed by atoms with Gasteiger partial charge in [0.05, 0.1) is 21.9 Å². The molecule has 2 aliphatic heterocycles. The first-order chi connectivity index (χ1) is 19.6. The van der Waals surface area contributed by atoms with Crippen molar-refractivity contribution < 1.29 is 10.0 Å². The maximum atomic E-state index is 11.3. The highest BCUT2D eigenvalue weighted by Crippen LogP contribution is 2.36. The van der Waals surface area contributed by atoms with Gasteiger partial charge in [0, 0.05) is 81.2 Å². The first-order valence-corrected chi connectivity index (χ1v) is 14.9. The molecule has 6 rings (SSSR count). The van der Waals surface area contributed by atoms with Gasteiger partial charge in [-0.2, -0.15) is 5.10 Å². The van der Waals surface area contributed by atoms with Gasteiger partial charge in [0.2, 0.25) is 5.91 Å². The van der Waals surface area contributed by atoms with Crippen molar-refractivity contribution in [3.8, 4) is 11.4 Å². The van der Waals surface area contributed by atoms with Gasteiger partial charge in [0.25, 0.3) is 0 Å². The minimum absolute atomic E-state index is 0.317. The highest BCUT2D eigenvalue weighted by molar-refractivity contribution is 7.19. The molecule has 1 aromatic carbocycles. The number of H-pyrrole nitrogens is 1. The van der Waals surface area contributed by atoms with E-state index in [1.54, 1.807) is 5.48 Å². The molecule has 12 heteroatoms. The molecule has 0 spiro atoms. The standard InChI is InChI=1S/C28H37N9O2S/c1-34-9-11-36(12-10-34)19-20-17-24-26(40-20)28(31-27(30-24)21-5-4-6-23-22(21)18-29-32-23)37-15-13-35(14-16-37)8-3-2-7-25(38)33-39/h4-6,17-18,39H,2-3,7-16,19H2,1H3,(H,29,32)(H,33,38). The number of likely N-dealkylation sites (N-methyl/N-ethyl adjacent to an activating group) is 1. The molecule has 2 aliphatic rings. The summed E-state index contributed by atoms with van der Waals surface area (Å²) in [7, 11) is 2.19. The lowest BCUT2D eigenvalue weighted by Crippen LogP contribution is -2.47. The van der Waals surface area contributed by atoms with Crippen molar-refractivity contribution >= 4 is 44.2 Å². The summed E-state index contributed by atoms with van der Waals surface area (Å²) < 4.78 is 1.16. The fraction of sp³-hybridized carbons (Fsp3) is 0.500. The van der Waals surface area contributed by atoms with Crippen LogP contribution < -0.4 is 10.4 Å². The molecule has 212 valence electrons. The number of fused-ring (bicyclic) bond motifs is 2. The molecule has 0 bridgehead atoms. The van der Waals surface area contributed by atoms with Gasteiger partial charge >= 0.3 is 0 Å². The van der Waals surface area contributed by atoms with Crippen LogP contribution in [0.1, 0.15) is 24.1 Å². The molecule has 40 heavy (non-hydrogen) atoms. The lowest BCUT2D eigenvalue weighted by Gasteiger charge is -2.35. The number of nitrogens with zero attached hydrogens (tertiary/aromatic N) is 7. The smallest absolute Gasteiger partial charge is 0.243 e. The number of piperazine rings is 2. The van der Waals surface area contributed by atoms with Gasteiger partial charge in [0.15, 0.2) is 11.6 Å². The van der Waals surface area contributed by atoms with E-state index in [4.69, 9.17) is 15.2 Å². The van der Waals surface area contributed by atoms with Crippen molar-refractivity contribution in [2.75, 3.05) is 70.9 Å². The fourth-order valence-corrected chi connectivity index (χ4v) is 6.78. The van der Waals surface area contributed by atoms with Crippen LogP contribution in [0, 0.1) is 0 Å². The van der Waals surface area contributed by atoms with Gasteiger partial charge in [0.1, 0.15) is 0 Å². The minimum atomic E-state index is -0.317. The number of hydroxylamine groups is 1. The van der Waals surface area contributed by atoms with Crippen molar-refractivity contribution in [2.45, 2.75) is 25.8 Å². The van der Waals surface area contributed by atoms with E-state index in [0.717, 1.165) is 117 Å². The zero-order valence-corrected chi connectivity index (χ0v) is 23.8. The number of rotatable bonds is 9. The Bertz CT molecular complexity index is 1450. The largest absolute Gasteiger partial charge is 0.353 e. The van der Waals surface area contributed by atoms with Gasteiger partial charge in [-0.3, -0.25) is 24.9 Å². The number of carbonyl (C=O) groups is 1. The van der Waals surface area contributed by atoms with E-state index in [9.17, 15) is 4.79 Å². The number of nitrogens with one attached hydrogen (secondary N) is 2. The van der Waals surface area contributed by atoms with Crippen LogP contribution in [0.5, 0.6) is 0 Å². The molecule has 4 aromatic rings. The lowest BCUT2D eigenvalue weighted by molar-refractivity contribution is -0.129. The maximum absolute atomic E-state index is 11.3. The Hall–Kier alpha value is -3.16. The number of carbonyl (C=O) groups excluding carboxylic acids is 1. The van der Waals surface area contributed by atoms with E-state index in [1.165, 1.54) is 4.88 Å². The SMILES string of the molecule is CN1CCN(Cc2cc3nc(-c4cccc5[nH]ncc45)nc(N4CCN(CCCCC(=O)NO)CC4)c3s2)CC1. The zero-order chi connectivity index (χ0) is 27.5. The summed E-state index contributed by atoms with van der Waals surface area (Å²) in [5, 5.41) is 17.0. The van der Waals surface area contributed by atoms with E-state index in [0.29, 0.717) is 6.42 Å². The van der Waals surface area contributed by atoms with Crippen LogP contribution in [0.3, 0.4) is 0 Å². The molecule has 3 aromatic heterocycles. The summed E-state index contributed by atoms with van der Waals surface area (Å²) >= 11 is 1.83. The Morgan fingerprint density at radius 1 is 1.05 bits per heavy atom. The van der Waals surface area contributed by atoms with Crippen LogP contribution in [0.15, 0.2) is 30.5 Å². The average Bonchev–Trinajstić information content (AvgIpc) is 3.63. The molecule has 1 amide bonds. The predicted octanol–water partition coefficient (Wildman–Crippen LogP) is 2.78. The average molecular weight is 564 g/mol. The van der Waals surface area contributed by atoms with Crippen molar-refractivity contribution in [1.29, 1.82) is 0 Å². The Kier molecular flexibility index (Phi) is 8.21. The van der Waals surface area contributed by atoms with Crippen molar-refractivity contribution in [1.82, 2.24) is 40.3 Å². The summed E-state index contributed by atoms with van der Waals surface area (Å²) in [6.07, 6.45) is 3.92. The van der Waals surface area contributed by atoms with Crippen LogP contribution in [0.25, 0.3) is 32.5 Å². The summed E-state index contributed by atoms with van der Waals surface area (Å²) in [5.41, 5.74) is 4.70. The van der Waals surface area contributed by atoms with Crippen LogP contribution in [-0.4, -0.2) is 112 Å². The molecule has 5 heterocycles. The summed E-state index contributed by atoms with van der Waals surface area (Å²) in [6, 6.07) is 8.40. The Morgan fingerprint density at radius 2 is 1.85 bits per heavy atom. The molecule has 0 aliphatic carbocycles. The van der Waals surface area contributed by atoms with Crippen molar-refractivity contribution in [3.05, 3.63) is 35.3 Å². The number of amides is 1. The predicted molar refractivity (Wildman–Crippen MR) is 158 cm³/mol. The number of aromatic amines is 1. The Labute approximate surface area is 237 Å². The molecule has 2 fully saturated rings. The number of hydrogen-bond donors (Lipinski definition) is 3. The van der Waals surface area contributed by atoms with E-state index < -0.39 is 0 Å². The first kappa shape index (κ1) is 27.0. The van der Waals surface area contributed by atoms with Crippen LogP contribution in [-0.2, 0) is 11.3 Å². The lowest BCUT2D eigenvalue weighted by atomic mass is 10.1. The quantitative estimate of drug-likeness (QED) is 0.161. The van der Waals surface area contributed by atoms with Crippen molar-refractivity contribution in [3.63, 3.8) is 0 Å². The number of thiophene rings is 1. The van der Waals surface area contributed by atoms with Gasteiger partial charge in [-0.15, -0.1) is 11.3 Å². The molecule has 0 unspecified atom stereocenters. The second-order valence-electron chi connectivity index (χ2n) is 10.8. The van der Waals surface area contributed by atoms with Crippen molar-refractivity contribution in [2.24, 2.45) is 0 Å². The van der Waals surface area contributed by atoms with Gasteiger partial charge in [-0.1, -0.05) is 12.1 Å². The molecule has 0 radical (unpaired) electrons. The number of anilines is 1. The zero-order valence-electron chi connectivity index (χ0n) is 23.0. The van der Waals surface area contributed by atoms with E-state index in [2.05, 4.69) is 49.0 Å². The third kappa shape index (κ3) is 5.96. The Balaban J connectivity index is 1.24. The molecule has 0 saturated carbocycles. The van der Waals surface area contributed by atoms with E-state index in [1.807, 2.05) is 29.7 Å². The van der Waals surface area contributed by atoms with E-state index >= 15 is 0 Å². The number of aromatic nitrogens is 4. The minimum Gasteiger partial charge on any atom is -0.353 e. The number of unbranched alkanes of at least 4 members (excludes halogenated alkanes) is 1. The second-order valence-corrected chi connectivity index (χ2v) is 12.0. The van der Waals surface area contributed by atoms with E-state index in [-0.39, 0.29) is 5.91 Å². The topological polar surface area (TPSA) is 117 Å². The number of benzene rings is 1. The molecule has 0 atom stereocenters. The highest BCUT2D eigenvalue weighted by atomic mass is 32.1. The first-order valence-electron chi connectivity index (χ1n) is 14.1. The maximum Gasteiger partial charge on any atom is 0.243 e. The molecule has 11 nitrogen and oxygen atoms in total. The third-order valence-corrected chi connectivity index (χ3v) is 9.14.